The van der Waals surface area contributed by atoms with Crippen LogP contribution in [0, 0.1) is 0 Å². The van der Waals surface area contributed by atoms with Gasteiger partial charge in [-0.2, -0.15) is 0 Å². The molecule has 1 amide bonds. The van der Waals surface area contributed by atoms with Crippen LogP contribution >= 0.6 is 0 Å². The molecule has 0 aromatic rings. The Bertz CT molecular complexity index is 191. The number of ether oxygens (including phenoxy) is 1. The van der Waals surface area contributed by atoms with Crippen molar-refractivity contribution in [3.63, 3.8) is 0 Å². The van der Waals surface area contributed by atoms with Crippen LogP contribution in [0.15, 0.2) is 12.7 Å². The van der Waals surface area contributed by atoms with Crippen molar-refractivity contribution >= 4 is 6.09 Å². The summed E-state index contributed by atoms with van der Waals surface area (Å²) < 4.78 is 4.90. The minimum absolute atomic E-state index is 0.161. The van der Waals surface area contributed by atoms with Gasteiger partial charge in [0.1, 0.15) is 6.61 Å². The molecule has 0 aliphatic carbocycles. The van der Waals surface area contributed by atoms with Gasteiger partial charge in [-0.1, -0.05) is 6.08 Å². The summed E-state index contributed by atoms with van der Waals surface area (Å²) in [6.07, 6.45) is 4.90. The average molecular weight is 183 g/mol. The number of hydrogen-bond acceptors (Lipinski definition) is 2. The van der Waals surface area contributed by atoms with Crippen molar-refractivity contribution in [3.8, 4) is 0 Å². The highest BCUT2D eigenvalue weighted by Gasteiger charge is 2.28. The van der Waals surface area contributed by atoms with E-state index in [-0.39, 0.29) is 12.1 Å². The summed E-state index contributed by atoms with van der Waals surface area (Å²) in [5.74, 6) is 0. The highest BCUT2D eigenvalue weighted by molar-refractivity contribution is 5.69. The molecule has 3 heteroatoms. The van der Waals surface area contributed by atoms with E-state index in [0.717, 1.165) is 25.8 Å². The maximum atomic E-state index is 11.1. The fraction of sp³-hybridized carbons (Fsp3) is 0.700. The fourth-order valence-corrected chi connectivity index (χ4v) is 1.43. The minimum Gasteiger partial charge on any atom is -0.447 e. The van der Waals surface area contributed by atoms with Crippen LogP contribution in [-0.2, 0) is 4.74 Å². The molecule has 13 heavy (non-hydrogen) atoms. The third kappa shape index (κ3) is 2.76. The van der Waals surface area contributed by atoms with E-state index in [2.05, 4.69) is 6.58 Å². The lowest BCUT2D eigenvalue weighted by molar-refractivity contribution is 0.157. The Kier molecular flexibility index (Phi) is 3.80. The number of carbonyl (C=O) groups is 1. The number of carbonyl (C=O) groups excluding carboxylic acids is 1. The van der Waals surface area contributed by atoms with E-state index < -0.39 is 0 Å². The third-order valence-electron chi connectivity index (χ3n) is 2.27. The number of unbranched alkanes of at least 4 members (excludes halogenated alkanes) is 2. The molecule has 0 aromatic carbocycles. The number of nitrogens with zero attached hydrogens (tertiary/aromatic N) is 1. The van der Waals surface area contributed by atoms with Gasteiger partial charge in [0.25, 0.3) is 0 Å². The molecule has 1 aliphatic heterocycles. The van der Waals surface area contributed by atoms with Crippen LogP contribution in [0.1, 0.15) is 26.2 Å². The molecule has 0 N–H and O–H groups in total. The van der Waals surface area contributed by atoms with E-state index in [1.54, 1.807) is 4.90 Å². The van der Waals surface area contributed by atoms with E-state index in [9.17, 15) is 4.79 Å². The third-order valence-corrected chi connectivity index (χ3v) is 2.27. The Balaban J connectivity index is 2.19. The van der Waals surface area contributed by atoms with Crippen LogP contribution in [0.25, 0.3) is 0 Å². The van der Waals surface area contributed by atoms with Gasteiger partial charge in [0.05, 0.1) is 6.04 Å². The van der Waals surface area contributed by atoms with Crippen LogP contribution in [-0.4, -0.2) is 30.2 Å². The zero-order chi connectivity index (χ0) is 9.68. The maximum Gasteiger partial charge on any atom is 0.410 e. The van der Waals surface area contributed by atoms with Crippen molar-refractivity contribution in [2.75, 3.05) is 13.2 Å². The topological polar surface area (TPSA) is 29.5 Å². The van der Waals surface area contributed by atoms with Crippen molar-refractivity contribution in [1.82, 2.24) is 4.90 Å². The van der Waals surface area contributed by atoms with Gasteiger partial charge in [-0.25, -0.2) is 4.79 Å². The van der Waals surface area contributed by atoms with Gasteiger partial charge in [-0.3, -0.25) is 0 Å². The van der Waals surface area contributed by atoms with Gasteiger partial charge in [-0.15, -0.1) is 6.58 Å². The molecule has 0 aromatic heterocycles. The van der Waals surface area contributed by atoms with Gasteiger partial charge < -0.3 is 9.64 Å². The molecule has 1 rings (SSSR count). The van der Waals surface area contributed by atoms with E-state index in [0.29, 0.717) is 6.61 Å². The standard InChI is InChI=1S/C10H17NO2/c1-3-4-5-6-7-11-9(2)8-13-10(11)12/h3,9H,1,4-8H2,2H3/t9-/m1/s1. The summed E-state index contributed by atoms with van der Waals surface area (Å²) in [7, 11) is 0. The molecule has 1 aliphatic rings. The SMILES string of the molecule is C=CCCCCN1C(=O)OC[C@H]1C. The average Bonchev–Trinajstić information content (AvgIpc) is 2.42. The zero-order valence-corrected chi connectivity index (χ0v) is 8.16. The summed E-state index contributed by atoms with van der Waals surface area (Å²) in [5.41, 5.74) is 0. The van der Waals surface area contributed by atoms with Crippen LogP contribution in [0.3, 0.4) is 0 Å². The summed E-state index contributed by atoms with van der Waals surface area (Å²) in [4.78, 5) is 12.9. The van der Waals surface area contributed by atoms with Gasteiger partial charge in [0.15, 0.2) is 0 Å². The lowest BCUT2D eigenvalue weighted by Gasteiger charge is -2.17. The molecule has 74 valence electrons. The molecule has 0 bridgehead atoms. The summed E-state index contributed by atoms with van der Waals surface area (Å²) in [6.45, 7) is 7.02. The molecule has 1 fully saturated rings. The maximum absolute atomic E-state index is 11.1. The highest BCUT2D eigenvalue weighted by atomic mass is 16.6. The second-order valence-electron chi connectivity index (χ2n) is 3.40. The van der Waals surface area contributed by atoms with E-state index >= 15 is 0 Å². The smallest absolute Gasteiger partial charge is 0.410 e. The van der Waals surface area contributed by atoms with Crippen molar-refractivity contribution in [1.29, 1.82) is 0 Å². The molecular weight excluding hydrogens is 166 g/mol. The van der Waals surface area contributed by atoms with Crippen molar-refractivity contribution < 1.29 is 9.53 Å². The second-order valence-corrected chi connectivity index (χ2v) is 3.40. The van der Waals surface area contributed by atoms with Crippen molar-refractivity contribution in [2.24, 2.45) is 0 Å². The monoisotopic (exact) mass is 183 g/mol. The number of hydrogen-bond donors (Lipinski definition) is 0. The summed E-state index contributed by atoms with van der Waals surface area (Å²) >= 11 is 0. The number of amides is 1. The van der Waals surface area contributed by atoms with Gasteiger partial charge in [0, 0.05) is 6.54 Å². The Hall–Kier alpha value is -0.990. The molecule has 0 saturated carbocycles. The predicted octanol–water partition coefficient (Wildman–Crippen LogP) is 2.18. The lowest BCUT2D eigenvalue weighted by Crippen LogP contribution is -2.31. The van der Waals surface area contributed by atoms with E-state index in [1.165, 1.54) is 0 Å². The minimum atomic E-state index is -0.161. The van der Waals surface area contributed by atoms with Gasteiger partial charge in [-0.05, 0) is 26.2 Å². The molecule has 1 atom stereocenters. The summed E-state index contributed by atoms with van der Waals surface area (Å²) in [6, 6.07) is 0.247. The Morgan fingerprint density at radius 2 is 2.46 bits per heavy atom. The Labute approximate surface area is 79.4 Å². The molecule has 3 nitrogen and oxygen atoms in total. The first-order valence-electron chi connectivity index (χ1n) is 4.80. The number of allylic oxidation sites excluding steroid dienone is 1. The fourth-order valence-electron chi connectivity index (χ4n) is 1.43. The Morgan fingerprint density at radius 3 is 3.00 bits per heavy atom. The van der Waals surface area contributed by atoms with Crippen LogP contribution < -0.4 is 0 Å². The highest BCUT2D eigenvalue weighted by Crippen LogP contribution is 2.12. The van der Waals surface area contributed by atoms with Gasteiger partial charge in [0.2, 0.25) is 0 Å². The molecule has 1 saturated heterocycles. The summed E-state index contributed by atoms with van der Waals surface area (Å²) in [5, 5.41) is 0. The zero-order valence-electron chi connectivity index (χ0n) is 8.16. The quantitative estimate of drug-likeness (QED) is 0.483. The lowest BCUT2D eigenvalue weighted by atomic mass is 10.2. The molecule has 0 radical (unpaired) electrons. The predicted molar refractivity (Wildman–Crippen MR) is 51.6 cm³/mol. The second kappa shape index (κ2) is 4.90. The van der Waals surface area contributed by atoms with Crippen molar-refractivity contribution in [2.45, 2.75) is 32.2 Å². The van der Waals surface area contributed by atoms with E-state index in [4.69, 9.17) is 4.74 Å². The van der Waals surface area contributed by atoms with Crippen LogP contribution in [0.4, 0.5) is 4.79 Å². The van der Waals surface area contributed by atoms with Crippen LogP contribution in [0.2, 0.25) is 0 Å². The Morgan fingerprint density at radius 1 is 1.69 bits per heavy atom. The largest absolute Gasteiger partial charge is 0.447 e. The first kappa shape index (κ1) is 10.1. The first-order valence-corrected chi connectivity index (χ1v) is 4.80. The normalized spacial score (nSPS) is 21.8. The molecule has 0 unspecified atom stereocenters. The molecule has 1 heterocycles. The molecule has 0 spiro atoms. The van der Waals surface area contributed by atoms with E-state index in [1.807, 2.05) is 13.0 Å². The van der Waals surface area contributed by atoms with Gasteiger partial charge >= 0.3 is 6.09 Å². The van der Waals surface area contributed by atoms with Crippen LogP contribution in [0.5, 0.6) is 0 Å². The first-order chi connectivity index (χ1) is 6.25. The van der Waals surface area contributed by atoms with Crippen molar-refractivity contribution in [3.05, 3.63) is 12.7 Å². The molecular formula is C10H17NO2. The number of rotatable bonds is 5. The number of cyclic esters (lactones) is 1.